The molecule has 1 N–H and O–H groups in total. The van der Waals surface area contributed by atoms with Crippen LogP contribution in [-0.2, 0) is 0 Å². The van der Waals surface area contributed by atoms with Crippen LogP contribution >= 0.6 is 0 Å². The van der Waals surface area contributed by atoms with E-state index in [1.54, 1.807) is 6.07 Å². The van der Waals surface area contributed by atoms with Crippen LogP contribution in [0.1, 0.15) is 36.5 Å². The van der Waals surface area contributed by atoms with Gasteiger partial charge in [0.05, 0.1) is 13.0 Å². The molecule has 3 rings (SSSR count). The van der Waals surface area contributed by atoms with Gasteiger partial charge in [0.15, 0.2) is 0 Å². The lowest BCUT2D eigenvalue weighted by Gasteiger charge is -2.39. The van der Waals surface area contributed by atoms with Crippen molar-refractivity contribution in [2.45, 2.75) is 38.1 Å². The first-order valence-electron chi connectivity index (χ1n) is 8.03. The summed E-state index contributed by atoms with van der Waals surface area (Å²) < 4.78 is 46.3. The van der Waals surface area contributed by atoms with E-state index >= 15 is 0 Å². The van der Waals surface area contributed by atoms with Gasteiger partial charge in [0.1, 0.15) is 5.75 Å². The first kappa shape index (κ1) is 17.7. The number of halogens is 3. The number of rotatable bonds is 2. The number of hydrogen-bond acceptors (Lipinski definition) is 4. The molecule has 136 valence electrons. The summed E-state index contributed by atoms with van der Waals surface area (Å²) in [6.45, 7) is 1.83. The first-order valence-corrected chi connectivity index (χ1v) is 8.03. The van der Waals surface area contributed by atoms with Crippen LogP contribution in [0.15, 0.2) is 29.4 Å². The quantitative estimate of drug-likeness (QED) is 0.885. The smallest absolute Gasteiger partial charge is 0.439 e. The number of methoxy groups -OCH3 is 1. The Labute approximate surface area is 143 Å². The number of benzene rings is 1. The van der Waals surface area contributed by atoms with Crippen molar-refractivity contribution < 1.29 is 27.8 Å². The number of fused-ring (bicyclic) bond motifs is 1. The number of nitrogens with zero attached hydrogens (tertiary/aromatic N) is 2. The van der Waals surface area contributed by atoms with Crippen molar-refractivity contribution in [1.82, 2.24) is 5.01 Å². The number of carbonyl (C=O) groups excluding carboxylic acids is 1. The van der Waals surface area contributed by atoms with E-state index in [-0.39, 0.29) is 28.6 Å². The van der Waals surface area contributed by atoms with Gasteiger partial charge in [-0.2, -0.15) is 23.3 Å². The molecule has 25 heavy (non-hydrogen) atoms. The van der Waals surface area contributed by atoms with Gasteiger partial charge in [0, 0.05) is 11.3 Å². The van der Waals surface area contributed by atoms with Gasteiger partial charge in [-0.3, -0.25) is 4.79 Å². The van der Waals surface area contributed by atoms with E-state index in [0.29, 0.717) is 18.6 Å². The number of hydrazone groups is 1. The second kappa shape index (κ2) is 6.01. The lowest BCUT2D eigenvalue weighted by atomic mass is 9.76. The minimum absolute atomic E-state index is 0.0182. The minimum Gasteiger partial charge on any atom is -0.497 e. The number of carbonyl (C=O) groups is 1. The molecular weight excluding hydrogens is 337 g/mol. The van der Waals surface area contributed by atoms with Crippen molar-refractivity contribution in [3.05, 3.63) is 29.8 Å². The third-order valence-electron chi connectivity index (χ3n) is 4.90. The highest BCUT2D eigenvalue weighted by molar-refractivity contribution is 5.99. The van der Waals surface area contributed by atoms with E-state index in [4.69, 9.17) is 4.74 Å². The molecule has 3 atom stereocenters. The molecule has 1 aliphatic carbocycles. The predicted octanol–water partition coefficient (Wildman–Crippen LogP) is 3.19. The maximum absolute atomic E-state index is 13.8. The second-order valence-corrected chi connectivity index (χ2v) is 6.60. The van der Waals surface area contributed by atoms with Crippen LogP contribution in [0.2, 0.25) is 0 Å². The molecule has 0 aromatic heterocycles. The SMILES string of the molecule is COc1cccc(C(=O)N2N=C3CC[C@@H](C)C[C@@H]3[C@@]2(O)C(F)(F)F)c1. The van der Waals surface area contributed by atoms with Crippen molar-refractivity contribution in [3.63, 3.8) is 0 Å². The third-order valence-corrected chi connectivity index (χ3v) is 4.90. The zero-order valence-electron chi connectivity index (χ0n) is 13.9. The summed E-state index contributed by atoms with van der Waals surface area (Å²) in [5.41, 5.74) is -3.12. The van der Waals surface area contributed by atoms with Gasteiger partial charge in [0.2, 0.25) is 0 Å². The molecular formula is C17H19F3N2O3. The average molecular weight is 356 g/mol. The van der Waals surface area contributed by atoms with Crippen LogP contribution in [0.25, 0.3) is 0 Å². The Morgan fingerprint density at radius 3 is 2.80 bits per heavy atom. The fourth-order valence-electron chi connectivity index (χ4n) is 3.49. The Morgan fingerprint density at radius 2 is 2.16 bits per heavy atom. The van der Waals surface area contributed by atoms with Gasteiger partial charge in [0.25, 0.3) is 11.6 Å². The number of amides is 1. The van der Waals surface area contributed by atoms with Crippen LogP contribution in [0.4, 0.5) is 13.2 Å². The van der Waals surface area contributed by atoms with Gasteiger partial charge in [-0.15, -0.1) is 0 Å². The van der Waals surface area contributed by atoms with Crippen LogP contribution in [-0.4, -0.2) is 40.7 Å². The van der Waals surface area contributed by atoms with Crippen molar-refractivity contribution in [1.29, 1.82) is 0 Å². The van der Waals surface area contributed by atoms with Gasteiger partial charge in [-0.05, 0) is 43.4 Å². The second-order valence-electron chi connectivity index (χ2n) is 6.60. The molecule has 0 spiro atoms. The lowest BCUT2D eigenvalue weighted by molar-refractivity contribution is -0.313. The van der Waals surface area contributed by atoms with E-state index in [0.717, 1.165) is 0 Å². The highest BCUT2D eigenvalue weighted by Crippen LogP contribution is 2.49. The monoisotopic (exact) mass is 356 g/mol. The molecule has 1 amide bonds. The molecule has 0 radical (unpaired) electrons. The van der Waals surface area contributed by atoms with Crippen LogP contribution in [0.5, 0.6) is 5.75 Å². The molecule has 1 aromatic rings. The molecule has 8 heteroatoms. The lowest BCUT2D eigenvalue weighted by Crippen LogP contribution is -2.61. The van der Waals surface area contributed by atoms with Crippen LogP contribution in [0.3, 0.4) is 0 Å². The van der Waals surface area contributed by atoms with E-state index in [9.17, 15) is 23.1 Å². The van der Waals surface area contributed by atoms with E-state index < -0.39 is 23.7 Å². The topological polar surface area (TPSA) is 62.1 Å². The Morgan fingerprint density at radius 1 is 1.44 bits per heavy atom. The number of hydrogen-bond donors (Lipinski definition) is 1. The highest BCUT2D eigenvalue weighted by Gasteiger charge is 2.68. The van der Waals surface area contributed by atoms with Gasteiger partial charge < -0.3 is 9.84 Å². The maximum atomic E-state index is 13.8. The third kappa shape index (κ3) is 2.78. The summed E-state index contributed by atoms with van der Waals surface area (Å²) in [7, 11) is 1.39. The summed E-state index contributed by atoms with van der Waals surface area (Å²) in [4.78, 5) is 12.7. The van der Waals surface area contributed by atoms with Crippen molar-refractivity contribution in [2.24, 2.45) is 16.9 Å². The van der Waals surface area contributed by atoms with E-state index in [1.165, 1.54) is 25.3 Å². The average Bonchev–Trinajstić information content (AvgIpc) is 2.88. The number of alkyl halides is 3. The zero-order chi connectivity index (χ0) is 18.4. The molecule has 1 aromatic carbocycles. The largest absolute Gasteiger partial charge is 0.497 e. The molecule has 2 aliphatic rings. The molecule has 1 aliphatic heterocycles. The zero-order valence-corrected chi connectivity index (χ0v) is 13.9. The standard InChI is InChI=1S/C17H19F3N2O3/c1-10-6-7-14-13(8-10)16(24,17(18,19)20)22(21-14)15(23)11-4-3-5-12(9-11)25-2/h3-5,9-10,13,24H,6-8H2,1-2H3/t10-,13+,16-/m1/s1. The fraction of sp³-hybridized carbons (Fsp3) is 0.529. The van der Waals surface area contributed by atoms with Crippen LogP contribution < -0.4 is 4.74 Å². The summed E-state index contributed by atoms with van der Waals surface area (Å²) in [6, 6.07) is 5.76. The van der Waals surface area contributed by atoms with Gasteiger partial charge in [-0.1, -0.05) is 13.0 Å². The maximum Gasteiger partial charge on any atom is 0.439 e. The Bertz CT molecular complexity index is 719. The van der Waals surface area contributed by atoms with Crippen molar-refractivity contribution >= 4 is 11.6 Å². The van der Waals surface area contributed by atoms with Crippen molar-refractivity contribution in [2.75, 3.05) is 7.11 Å². The molecule has 0 saturated heterocycles. The minimum atomic E-state index is -5.02. The summed E-state index contributed by atoms with van der Waals surface area (Å²) in [6.07, 6.45) is -3.86. The summed E-state index contributed by atoms with van der Waals surface area (Å²) in [5, 5.41) is 14.7. The fourth-order valence-corrected chi connectivity index (χ4v) is 3.49. The summed E-state index contributed by atoms with van der Waals surface area (Å²) in [5.74, 6) is -1.89. The van der Waals surface area contributed by atoms with Crippen LogP contribution in [0, 0.1) is 11.8 Å². The number of ether oxygens (including phenoxy) is 1. The Balaban J connectivity index is 2.03. The number of aliphatic hydroxyl groups is 1. The Kier molecular flexibility index (Phi) is 4.26. The predicted molar refractivity (Wildman–Crippen MR) is 84.1 cm³/mol. The van der Waals surface area contributed by atoms with Crippen molar-refractivity contribution in [3.8, 4) is 5.75 Å². The van der Waals surface area contributed by atoms with Gasteiger partial charge >= 0.3 is 6.18 Å². The normalized spacial score (nSPS) is 29.2. The Hall–Kier alpha value is -2.09. The van der Waals surface area contributed by atoms with Gasteiger partial charge in [-0.25, -0.2) is 0 Å². The molecule has 0 bridgehead atoms. The molecule has 1 saturated carbocycles. The van der Waals surface area contributed by atoms with E-state index in [2.05, 4.69) is 5.10 Å². The van der Waals surface area contributed by atoms with E-state index in [1.807, 2.05) is 6.92 Å². The molecule has 5 nitrogen and oxygen atoms in total. The molecule has 1 fully saturated rings. The molecule has 1 heterocycles. The summed E-state index contributed by atoms with van der Waals surface area (Å²) >= 11 is 0. The molecule has 0 unspecified atom stereocenters. The first-order chi connectivity index (χ1) is 11.7. The highest BCUT2D eigenvalue weighted by atomic mass is 19.4.